The molecule has 2 rings (SSSR count). The first-order valence-electron chi connectivity index (χ1n) is 5.48. The molecule has 0 unspecified atom stereocenters. The van der Waals surface area contributed by atoms with Gasteiger partial charge in [-0.3, -0.25) is 9.59 Å². The van der Waals surface area contributed by atoms with Gasteiger partial charge in [0.25, 0.3) is 0 Å². The fourth-order valence-electron chi connectivity index (χ4n) is 1.78. The van der Waals surface area contributed by atoms with Crippen LogP contribution in [-0.4, -0.2) is 17.6 Å². The zero-order valence-corrected chi connectivity index (χ0v) is 10.2. The van der Waals surface area contributed by atoms with Gasteiger partial charge in [-0.25, -0.2) is 0 Å². The minimum Gasteiger partial charge on any atom is -0.352 e. The summed E-state index contributed by atoms with van der Waals surface area (Å²) in [5, 5.41) is 5.58. The Balaban J connectivity index is 1.97. The van der Waals surface area contributed by atoms with Gasteiger partial charge in [-0.05, 0) is 22.9 Å². The Hall–Kier alpha value is -1.49. The normalized spacial score (nSPS) is 13.1. The van der Waals surface area contributed by atoms with E-state index in [1.165, 1.54) is 0 Å². The first kappa shape index (κ1) is 12.0. The van der Waals surface area contributed by atoms with Gasteiger partial charge in [-0.15, -0.1) is 0 Å². The van der Waals surface area contributed by atoms with Crippen molar-refractivity contribution in [2.75, 3.05) is 11.1 Å². The van der Waals surface area contributed by atoms with Gasteiger partial charge < -0.3 is 10.6 Å². The van der Waals surface area contributed by atoms with Crippen LogP contribution in [0.1, 0.15) is 17.5 Å². The molecule has 2 N–H and O–H groups in total. The summed E-state index contributed by atoms with van der Waals surface area (Å²) in [6.07, 6.45) is 0.849. The molecular weight excluding hydrogens is 236 g/mol. The van der Waals surface area contributed by atoms with Crippen molar-refractivity contribution in [3.8, 4) is 0 Å². The second kappa shape index (κ2) is 5.23. The van der Waals surface area contributed by atoms with Crippen LogP contribution in [0.2, 0.25) is 0 Å². The number of hydrogen-bond acceptors (Lipinski definition) is 3. The van der Waals surface area contributed by atoms with Gasteiger partial charge in [0.15, 0.2) is 0 Å². The van der Waals surface area contributed by atoms with E-state index in [1.807, 2.05) is 18.2 Å². The largest absolute Gasteiger partial charge is 0.352 e. The molecule has 1 aliphatic rings. The van der Waals surface area contributed by atoms with Crippen LogP contribution in [0.3, 0.4) is 0 Å². The van der Waals surface area contributed by atoms with Crippen LogP contribution in [0, 0.1) is 0 Å². The average Bonchev–Trinajstić information content (AvgIpc) is 2.66. The molecule has 90 valence electrons. The minimum atomic E-state index is -0.00491. The van der Waals surface area contributed by atoms with Gasteiger partial charge >= 0.3 is 0 Å². The third kappa shape index (κ3) is 3.00. The fraction of sp³-hybridized carbons (Fsp3) is 0.333. The molecule has 1 aromatic carbocycles. The van der Waals surface area contributed by atoms with Crippen LogP contribution < -0.4 is 10.6 Å². The molecule has 2 amide bonds. The number of carbonyl (C=O) groups excluding carboxylic acids is 2. The van der Waals surface area contributed by atoms with Crippen LogP contribution >= 0.6 is 12.6 Å². The summed E-state index contributed by atoms with van der Waals surface area (Å²) in [6.45, 7) is 0.494. The zero-order chi connectivity index (χ0) is 12.3. The van der Waals surface area contributed by atoms with Crippen molar-refractivity contribution in [3.05, 3.63) is 29.3 Å². The molecule has 0 aromatic heterocycles. The maximum atomic E-state index is 11.3. The lowest BCUT2D eigenvalue weighted by molar-refractivity contribution is -0.120. The van der Waals surface area contributed by atoms with E-state index in [0.717, 1.165) is 16.8 Å². The standard InChI is InChI=1S/C12H14N2O2S/c15-11(3-4-17)13-7-8-1-2-10-9(5-8)6-12(16)14-10/h1-2,5,17H,3-4,6-7H2,(H,13,15)(H,14,16). The highest BCUT2D eigenvalue weighted by molar-refractivity contribution is 7.80. The third-order valence-corrected chi connectivity index (χ3v) is 2.85. The molecule has 5 heteroatoms. The highest BCUT2D eigenvalue weighted by Crippen LogP contribution is 2.23. The topological polar surface area (TPSA) is 58.2 Å². The Bertz CT molecular complexity index is 460. The molecule has 0 fully saturated rings. The summed E-state index contributed by atoms with van der Waals surface area (Å²) in [5.74, 6) is 0.569. The van der Waals surface area contributed by atoms with Crippen molar-refractivity contribution >= 4 is 30.1 Å². The summed E-state index contributed by atoms with van der Waals surface area (Å²) in [7, 11) is 0. The number of thiol groups is 1. The van der Waals surface area contributed by atoms with E-state index in [4.69, 9.17) is 0 Å². The molecule has 0 atom stereocenters. The van der Waals surface area contributed by atoms with Gasteiger partial charge in [0.05, 0.1) is 6.42 Å². The third-order valence-electron chi connectivity index (χ3n) is 2.62. The van der Waals surface area contributed by atoms with Crippen molar-refractivity contribution < 1.29 is 9.59 Å². The summed E-state index contributed by atoms with van der Waals surface area (Å²) >= 11 is 4.00. The molecule has 1 aromatic rings. The molecule has 1 heterocycles. The molecule has 4 nitrogen and oxygen atoms in total. The molecular formula is C12H14N2O2S. The number of benzene rings is 1. The first-order valence-corrected chi connectivity index (χ1v) is 6.11. The van der Waals surface area contributed by atoms with Crippen molar-refractivity contribution in [2.45, 2.75) is 19.4 Å². The Labute approximate surface area is 105 Å². The van der Waals surface area contributed by atoms with E-state index >= 15 is 0 Å². The molecule has 0 spiro atoms. The maximum absolute atomic E-state index is 11.3. The monoisotopic (exact) mass is 250 g/mol. The maximum Gasteiger partial charge on any atom is 0.228 e. The number of anilines is 1. The molecule has 0 saturated heterocycles. The predicted octanol–water partition coefficient (Wildman–Crippen LogP) is 1.12. The number of carbonyl (C=O) groups is 2. The average molecular weight is 250 g/mol. The summed E-state index contributed by atoms with van der Waals surface area (Å²) < 4.78 is 0. The molecule has 1 aliphatic heterocycles. The highest BCUT2D eigenvalue weighted by Gasteiger charge is 2.17. The lowest BCUT2D eigenvalue weighted by Crippen LogP contribution is -2.22. The lowest BCUT2D eigenvalue weighted by atomic mass is 10.1. The van der Waals surface area contributed by atoms with Crippen molar-refractivity contribution in [1.29, 1.82) is 0 Å². The quantitative estimate of drug-likeness (QED) is 0.701. The van der Waals surface area contributed by atoms with Crippen molar-refractivity contribution in [3.63, 3.8) is 0 Å². The van der Waals surface area contributed by atoms with E-state index < -0.39 is 0 Å². The molecule has 0 radical (unpaired) electrons. The van der Waals surface area contributed by atoms with E-state index in [9.17, 15) is 9.59 Å². The van der Waals surface area contributed by atoms with Crippen LogP contribution in [0.25, 0.3) is 0 Å². The van der Waals surface area contributed by atoms with E-state index in [-0.39, 0.29) is 11.8 Å². The summed E-state index contributed by atoms with van der Waals surface area (Å²) in [4.78, 5) is 22.4. The van der Waals surface area contributed by atoms with Crippen LogP contribution in [0.4, 0.5) is 5.69 Å². The van der Waals surface area contributed by atoms with Gasteiger partial charge in [0.1, 0.15) is 0 Å². The minimum absolute atomic E-state index is 0.00491. The van der Waals surface area contributed by atoms with Crippen molar-refractivity contribution in [1.82, 2.24) is 5.32 Å². The van der Waals surface area contributed by atoms with Gasteiger partial charge in [0.2, 0.25) is 11.8 Å². The van der Waals surface area contributed by atoms with Gasteiger partial charge in [0, 0.05) is 18.7 Å². The number of amides is 2. The van der Waals surface area contributed by atoms with Gasteiger partial charge in [-0.1, -0.05) is 12.1 Å². The van der Waals surface area contributed by atoms with Crippen LogP contribution in [0.5, 0.6) is 0 Å². The Morgan fingerprint density at radius 1 is 1.47 bits per heavy atom. The Morgan fingerprint density at radius 2 is 2.29 bits per heavy atom. The van der Waals surface area contributed by atoms with E-state index in [0.29, 0.717) is 25.1 Å². The summed E-state index contributed by atoms with van der Waals surface area (Å²) in [5.41, 5.74) is 2.88. The second-order valence-electron chi connectivity index (χ2n) is 3.97. The highest BCUT2D eigenvalue weighted by atomic mass is 32.1. The predicted molar refractivity (Wildman–Crippen MR) is 69.1 cm³/mol. The molecule has 0 aliphatic carbocycles. The Kier molecular flexibility index (Phi) is 3.68. The first-order chi connectivity index (χ1) is 8.19. The van der Waals surface area contributed by atoms with E-state index in [2.05, 4.69) is 23.3 Å². The number of rotatable bonds is 4. The number of hydrogen-bond donors (Lipinski definition) is 3. The molecule has 17 heavy (non-hydrogen) atoms. The SMILES string of the molecule is O=C(CCS)NCc1ccc2c(c1)CC(=O)N2. The zero-order valence-electron chi connectivity index (χ0n) is 9.32. The lowest BCUT2D eigenvalue weighted by Gasteiger charge is -2.06. The molecule has 0 bridgehead atoms. The van der Waals surface area contributed by atoms with Crippen molar-refractivity contribution in [2.24, 2.45) is 0 Å². The smallest absolute Gasteiger partial charge is 0.228 e. The second-order valence-corrected chi connectivity index (χ2v) is 4.41. The number of nitrogens with one attached hydrogen (secondary N) is 2. The van der Waals surface area contributed by atoms with Gasteiger partial charge in [-0.2, -0.15) is 12.6 Å². The molecule has 0 saturated carbocycles. The number of fused-ring (bicyclic) bond motifs is 1. The van der Waals surface area contributed by atoms with E-state index in [1.54, 1.807) is 0 Å². The van der Waals surface area contributed by atoms with Crippen LogP contribution in [0.15, 0.2) is 18.2 Å². The summed E-state index contributed by atoms with van der Waals surface area (Å²) in [6, 6.07) is 5.74. The Morgan fingerprint density at radius 3 is 3.06 bits per heavy atom. The fourth-order valence-corrected chi connectivity index (χ4v) is 1.99. The van der Waals surface area contributed by atoms with Crippen LogP contribution in [-0.2, 0) is 22.6 Å².